The minimum atomic E-state index is -3.65. The number of nitrogens with one attached hydrogen (secondary N) is 2. The summed E-state index contributed by atoms with van der Waals surface area (Å²) < 4.78 is 28.8. The number of benzene rings is 1. The summed E-state index contributed by atoms with van der Waals surface area (Å²) in [6, 6.07) is 9.90. The molecule has 1 atom stereocenters. The molecule has 30 heavy (non-hydrogen) atoms. The van der Waals surface area contributed by atoms with E-state index in [-0.39, 0.29) is 18.2 Å². The Morgan fingerprint density at radius 3 is 2.60 bits per heavy atom. The monoisotopic (exact) mass is 433 g/mol. The van der Waals surface area contributed by atoms with Crippen molar-refractivity contribution >= 4 is 21.8 Å². The van der Waals surface area contributed by atoms with E-state index in [0.29, 0.717) is 31.5 Å². The number of carbonyl (C=O) groups is 2. The number of hydrogen-bond donors (Lipinski definition) is 2. The third kappa shape index (κ3) is 5.67. The van der Waals surface area contributed by atoms with Crippen molar-refractivity contribution in [1.82, 2.24) is 24.7 Å². The molecule has 2 N–H and O–H groups in total. The summed E-state index contributed by atoms with van der Waals surface area (Å²) in [5, 5.41) is 9.32. The molecule has 1 aliphatic rings. The van der Waals surface area contributed by atoms with Gasteiger partial charge in [0.15, 0.2) is 0 Å². The van der Waals surface area contributed by atoms with Crippen LogP contribution in [0.3, 0.4) is 0 Å². The van der Waals surface area contributed by atoms with Crippen LogP contribution in [0, 0.1) is 0 Å². The summed E-state index contributed by atoms with van der Waals surface area (Å²) >= 11 is 0. The van der Waals surface area contributed by atoms with Crippen molar-refractivity contribution in [2.24, 2.45) is 7.05 Å². The predicted molar refractivity (Wildman–Crippen MR) is 111 cm³/mol. The van der Waals surface area contributed by atoms with Crippen LogP contribution in [0.4, 0.5) is 0 Å². The molecule has 1 saturated heterocycles. The SMILES string of the molecule is Cn1nccc1CNC(=O)CNC(=O)[C@@H]1CCCCN1S(=O)(=O)Cc1ccccc1. The van der Waals surface area contributed by atoms with Crippen LogP contribution >= 0.6 is 0 Å². The highest BCUT2D eigenvalue weighted by Crippen LogP contribution is 2.23. The number of hydrogen-bond acceptors (Lipinski definition) is 5. The fourth-order valence-corrected chi connectivity index (χ4v) is 5.25. The zero-order valence-electron chi connectivity index (χ0n) is 17.0. The van der Waals surface area contributed by atoms with Gasteiger partial charge < -0.3 is 10.6 Å². The molecule has 0 aliphatic carbocycles. The van der Waals surface area contributed by atoms with Gasteiger partial charge in [0.05, 0.1) is 24.5 Å². The second kappa shape index (κ2) is 9.86. The van der Waals surface area contributed by atoms with Crippen LogP contribution < -0.4 is 10.6 Å². The molecule has 0 saturated carbocycles. The minimum Gasteiger partial charge on any atom is -0.349 e. The van der Waals surface area contributed by atoms with E-state index in [2.05, 4.69) is 15.7 Å². The summed E-state index contributed by atoms with van der Waals surface area (Å²) in [5.41, 5.74) is 1.51. The van der Waals surface area contributed by atoms with Crippen molar-refractivity contribution in [2.45, 2.75) is 37.6 Å². The third-order valence-electron chi connectivity index (χ3n) is 5.12. The van der Waals surface area contributed by atoms with Gasteiger partial charge in [-0.1, -0.05) is 36.8 Å². The largest absolute Gasteiger partial charge is 0.349 e. The minimum absolute atomic E-state index is 0.150. The van der Waals surface area contributed by atoms with Gasteiger partial charge in [0.25, 0.3) is 0 Å². The fraction of sp³-hybridized carbons (Fsp3) is 0.450. The molecular weight excluding hydrogens is 406 g/mol. The van der Waals surface area contributed by atoms with Crippen molar-refractivity contribution in [3.8, 4) is 0 Å². The van der Waals surface area contributed by atoms with Crippen LogP contribution in [-0.2, 0) is 39.0 Å². The number of aromatic nitrogens is 2. The van der Waals surface area contributed by atoms with Gasteiger partial charge in [0.1, 0.15) is 6.04 Å². The van der Waals surface area contributed by atoms with E-state index in [1.165, 1.54) is 4.31 Å². The first-order valence-corrected chi connectivity index (χ1v) is 11.5. The molecule has 1 aliphatic heterocycles. The highest BCUT2D eigenvalue weighted by molar-refractivity contribution is 7.88. The first kappa shape index (κ1) is 22.0. The summed E-state index contributed by atoms with van der Waals surface area (Å²) in [4.78, 5) is 24.8. The lowest BCUT2D eigenvalue weighted by Crippen LogP contribution is -2.53. The van der Waals surface area contributed by atoms with Crippen LogP contribution in [0.15, 0.2) is 42.6 Å². The van der Waals surface area contributed by atoms with Crippen molar-refractivity contribution in [3.63, 3.8) is 0 Å². The molecule has 0 bridgehead atoms. The first-order chi connectivity index (χ1) is 14.4. The number of piperidine rings is 1. The van der Waals surface area contributed by atoms with Gasteiger partial charge in [0.2, 0.25) is 21.8 Å². The Labute approximate surface area is 176 Å². The molecule has 162 valence electrons. The van der Waals surface area contributed by atoms with E-state index in [1.54, 1.807) is 48.3 Å². The van der Waals surface area contributed by atoms with E-state index in [1.807, 2.05) is 6.07 Å². The number of carbonyl (C=O) groups excluding carboxylic acids is 2. The van der Waals surface area contributed by atoms with Gasteiger partial charge in [-0.2, -0.15) is 9.40 Å². The fourth-order valence-electron chi connectivity index (χ4n) is 3.48. The van der Waals surface area contributed by atoms with E-state index in [9.17, 15) is 18.0 Å². The molecule has 1 aromatic carbocycles. The van der Waals surface area contributed by atoms with Crippen molar-refractivity contribution < 1.29 is 18.0 Å². The molecule has 0 unspecified atom stereocenters. The van der Waals surface area contributed by atoms with Crippen molar-refractivity contribution in [2.75, 3.05) is 13.1 Å². The van der Waals surface area contributed by atoms with E-state index in [0.717, 1.165) is 12.1 Å². The normalized spacial score (nSPS) is 17.4. The maximum Gasteiger partial charge on any atom is 0.239 e. The Morgan fingerprint density at radius 1 is 1.13 bits per heavy atom. The zero-order valence-corrected chi connectivity index (χ0v) is 17.8. The molecule has 1 fully saturated rings. The van der Waals surface area contributed by atoms with Gasteiger partial charge in [-0.15, -0.1) is 0 Å². The molecule has 3 rings (SSSR count). The van der Waals surface area contributed by atoms with Crippen molar-refractivity contribution in [3.05, 3.63) is 53.9 Å². The predicted octanol–water partition coefficient (Wildman–Crippen LogP) is 0.537. The smallest absolute Gasteiger partial charge is 0.239 e. The van der Waals surface area contributed by atoms with E-state index >= 15 is 0 Å². The average molecular weight is 434 g/mol. The van der Waals surface area contributed by atoms with Gasteiger partial charge >= 0.3 is 0 Å². The highest BCUT2D eigenvalue weighted by atomic mass is 32.2. The molecule has 0 radical (unpaired) electrons. The summed E-state index contributed by atoms with van der Waals surface area (Å²) in [6.07, 6.45) is 3.55. The summed E-state index contributed by atoms with van der Waals surface area (Å²) in [6.45, 7) is 0.395. The van der Waals surface area contributed by atoms with Gasteiger partial charge in [-0.25, -0.2) is 8.42 Å². The molecule has 9 nitrogen and oxygen atoms in total. The van der Waals surface area contributed by atoms with Gasteiger partial charge in [-0.05, 0) is 24.5 Å². The Kier molecular flexibility index (Phi) is 7.22. The standard InChI is InChI=1S/C20H27N5O4S/c1-24-17(10-11-23-24)13-21-19(26)14-22-20(27)18-9-5-6-12-25(18)30(28,29)15-16-7-3-2-4-8-16/h2-4,7-8,10-11,18H,5-6,9,12-15H2,1H3,(H,21,26)(H,22,27)/t18-/m0/s1. The second-order valence-electron chi connectivity index (χ2n) is 7.30. The van der Waals surface area contributed by atoms with Gasteiger partial charge in [-0.3, -0.25) is 14.3 Å². The Balaban J connectivity index is 1.56. The Morgan fingerprint density at radius 2 is 1.90 bits per heavy atom. The zero-order chi connectivity index (χ0) is 21.6. The number of rotatable bonds is 8. The maximum absolute atomic E-state index is 12.9. The van der Waals surface area contributed by atoms with Crippen LogP contribution in [0.25, 0.3) is 0 Å². The third-order valence-corrected chi connectivity index (χ3v) is 6.97. The molecular formula is C20H27N5O4S. The Hall–Kier alpha value is -2.72. The number of amides is 2. The summed E-state index contributed by atoms with van der Waals surface area (Å²) in [7, 11) is -1.88. The lowest BCUT2D eigenvalue weighted by molar-refractivity contribution is -0.129. The first-order valence-electron chi connectivity index (χ1n) is 9.91. The molecule has 2 aromatic rings. The number of aryl methyl sites for hydroxylation is 1. The van der Waals surface area contributed by atoms with E-state index < -0.39 is 22.0 Å². The second-order valence-corrected chi connectivity index (χ2v) is 9.23. The lowest BCUT2D eigenvalue weighted by atomic mass is 10.0. The molecule has 0 spiro atoms. The topological polar surface area (TPSA) is 113 Å². The molecule has 10 heteroatoms. The lowest BCUT2D eigenvalue weighted by Gasteiger charge is -2.33. The Bertz CT molecular complexity index is 974. The quantitative estimate of drug-likeness (QED) is 0.631. The highest BCUT2D eigenvalue weighted by Gasteiger charge is 2.36. The number of sulfonamides is 1. The van der Waals surface area contributed by atoms with E-state index in [4.69, 9.17) is 0 Å². The molecule has 1 aromatic heterocycles. The number of nitrogens with zero attached hydrogens (tertiary/aromatic N) is 3. The van der Waals surface area contributed by atoms with Gasteiger partial charge in [0, 0.05) is 19.8 Å². The van der Waals surface area contributed by atoms with Crippen LogP contribution in [0.1, 0.15) is 30.5 Å². The van der Waals surface area contributed by atoms with Crippen LogP contribution in [0.5, 0.6) is 0 Å². The molecule has 2 amide bonds. The maximum atomic E-state index is 12.9. The average Bonchev–Trinajstić information content (AvgIpc) is 3.15. The van der Waals surface area contributed by atoms with Crippen LogP contribution in [-0.4, -0.2) is 53.4 Å². The summed E-state index contributed by atoms with van der Waals surface area (Å²) in [5.74, 6) is -0.941. The molecule has 2 heterocycles. The van der Waals surface area contributed by atoms with Crippen LogP contribution in [0.2, 0.25) is 0 Å². The van der Waals surface area contributed by atoms with Crippen molar-refractivity contribution in [1.29, 1.82) is 0 Å².